The zero-order chi connectivity index (χ0) is 9.84. The Bertz CT molecular complexity index is 271. The van der Waals surface area contributed by atoms with Gasteiger partial charge in [-0.2, -0.15) is 0 Å². The normalized spacial score (nSPS) is 15.4. The molecule has 0 aliphatic carbocycles. The van der Waals surface area contributed by atoms with Gasteiger partial charge in [-0.05, 0) is 37.0 Å². The van der Waals surface area contributed by atoms with E-state index in [1.807, 2.05) is 6.07 Å². The lowest BCUT2D eigenvalue weighted by molar-refractivity contribution is 0.481. The van der Waals surface area contributed by atoms with Crippen LogP contribution in [0, 0.1) is 5.92 Å². The summed E-state index contributed by atoms with van der Waals surface area (Å²) in [4.78, 5) is 0. The van der Waals surface area contributed by atoms with Gasteiger partial charge in [0, 0.05) is 10.5 Å². The molecule has 0 saturated carbocycles. The Morgan fingerprint density at radius 3 is 2.62 bits per heavy atom. The molecule has 2 unspecified atom stereocenters. The van der Waals surface area contributed by atoms with E-state index in [1.54, 1.807) is 0 Å². The Labute approximate surface area is 88.5 Å². The maximum Gasteiger partial charge on any atom is 0.0177 e. The van der Waals surface area contributed by atoms with Crippen molar-refractivity contribution in [2.45, 2.75) is 26.3 Å². The molecular weight excluding hydrogens is 226 g/mol. The molecular formula is C11H16BrN. The van der Waals surface area contributed by atoms with E-state index in [0.717, 1.165) is 10.9 Å². The van der Waals surface area contributed by atoms with Crippen molar-refractivity contribution >= 4 is 15.9 Å². The summed E-state index contributed by atoms with van der Waals surface area (Å²) in [7, 11) is 0. The first-order valence-corrected chi connectivity index (χ1v) is 5.39. The highest BCUT2D eigenvalue weighted by molar-refractivity contribution is 9.10. The van der Waals surface area contributed by atoms with Crippen molar-refractivity contribution in [3.05, 3.63) is 34.3 Å². The number of halogens is 1. The van der Waals surface area contributed by atoms with Gasteiger partial charge in [0.1, 0.15) is 0 Å². The molecule has 1 aromatic carbocycles. The topological polar surface area (TPSA) is 26.0 Å². The lowest BCUT2D eigenvalue weighted by Gasteiger charge is -2.15. The van der Waals surface area contributed by atoms with Crippen LogP contribution in [0.1, 0.15) is 19.4 Å². The van der Waals surface area contributed by atoms with Gasteiger partial charge in [-0.25, -0.2) is 0 Å². The quantitative estimate of drug-likeness (QED) is 0.866. The molecule has 0 spiro atoms. The average molecular weight is 242 g/mol. The second-order valence-corrected chi connectivity index (χ2v) is 4.59. The molecule has 72 valence electrons. The number of hydrogen-bond donors (Lipinski definition) is 1. The molecule has 0 amide bonds. The summed E-state index contributed by atoms with van der Waals surface area (Å²) in [5.41, 5.74) is 7.16. The Hall–Kier alpha value is -0.340. The molecule has 13 heavy (non-hydrogen) atoms. The van der Waals surface area contributed by atoms with E-state index >= 15 is 0 Å². The van der Waals surface area contributed by atoms with Crippen LogP contribution < -0.4 is 5.73 Å². The molecule has 1 aromatic rings. The van der Waals surface area contributed by atoms with Gasteiger partial charge >= 0.3 is 0 Å². The van der Waals surface area contributed by atoms with Crippen molar-refractivity contribution in [1.82, 2.24) is 0 Å². The minimum atomic E-state index is 0.263. The summed E-state index contributed by atoms with van der Waals surface area (Å²) in [5.74, 6) is 0.536. The van der Waals surface area contributed by atoms with Gasteiger partial charge in [0.25, 0.3) is 0 Å². The predicted molar refractivity (Wildman–Crippen MR) is 60.7 cm³/mol. The third kappa shape index (κ3) is 3.49. The first kappa shape index (κ1) is 10.7. The van der Waals surface area contributed by atoms with Crippen molar-refractivity contribution in [2.24, 2.45) is 11.7 Å². The second-order valence-electron chi connectivity index (χ2n) is 3.67. The molecule has 0 radical (unpaired) electrons. The van der Waals surface area contributed by atoms with Gasteiger partial charge < -0.3 is 5.73 Å². The van der Waals surface area contributed by atoms with Crippen molar-refractivity contribution in [1.29, 1.82) is 0 Å². The van der Waals surface area contributed by atoms with Crippen LogP contribution in [0.2, 0.25) is 0 Å². The molecule has 0 aliphatic heterocycles. The smallest absolute Gasteiger partial charge is 0.0177 e. The minimum Gasteiger partial charge on any atom is -0.328 e. The van der Waals surface area contributed by atoms with Crippen LogP contribution in [-0.2, 0) is 6.42 Å². The SMILES string of the molecule is CC(N)C(C)Cc1cccc(Br)c1. The van der Waals surface area contributed by atoms with Crippen molar-refractivity contribution in [3.8, 4) is 0 Å². The molecule has 0 heterocycles. The predicted octanol–water partition coefficient (Wildman–Crippen LogP) is 2.97. The monoisotopic (exact) mass is 241 g/mol. The Morgan fingerprint density at radius 2 is 2.08 bits per heavy atom. The molecule has 0 fully saturated rings. The van der Waals surface area contributed by atoms with Gasteiger partial charge in [0.2, 0.25) is 0 Å². The lowest BCUT2D eigenvalue weighted by Crippen LogP contribution is -2.25. The van der Waals surface area contributed by atoms with Crippen LogP contribution in [0.25, 0.3) is 0 Å². The summed E-state index contributed by atoms with van der Waals surface area (Å²) < 4.78 is 1.14. The third-order valence-electron chi connectivity index (χ3n) is 2.34. The van der Waals surface area contributed by atoms with Crippen molar-refractivity contribution < 1.29 is 0 Å². The van der Waals surface area contributed by atoms with Crippen molar-refractivity contribution in [2.75, 3.05) is 0 Å². The second kappa shape index (κ2) is 4.77. The zero-order valence-electron chi connectivity index (χ0n) is 8.13. The largest absolute Gasteiger partial charge is 0.328 e. The van der Waals surface area contributed by atoms with Crippen molar-refractivity contribution in [3.63, 3.8) is 0 Å². The molecule has 2 N–H and O–H groups in total. The fourth-order valence-electron chi connectivity index (χ4n) is 1.22. The molecule has 0 saturated heterocycles. The molecule has 2 atom stereocenters. The fraction of sp³-hybridized carbons (Fsp3) is 0.455. The van der Waals surface area contributed by atoms with Crippen LogP contribution in [0.4, 0.5) is 0 Å². The highest BCUT2D eigenvalue weighted by atomic mass is 79.9. The van der Waals surface area contributed by atoms with Crippen LogP contribution in [-0.4, -0.2) is 6.04 Å². The van der Waals surface area contributed by atoms with E-state index in [9.17, 15) is 0 Å². The molecule has 1 rings (SSSR count). The van der Waals surface area contributed by atoms with Gasteiger partial charge in [-0.15, -0.1) is 0 Å². The van der Waals surface area contributed by atoms with Crippen LogP contribution in [0.15, 0.2) is 28.7 Å². The zero-order valence-corrected chi connectivity index (χ0v) is 9.71. The van der Waals surface area contributed by atoms with Gasteiger partial charge in [0.15, 0.2) is 0 Å². The van der Waals surface area contributed by atoms with E-state index in [2.05, 4.69) is 48.0 Å². The first-order valence-electron chi connectivity index (χ1n) is 4.59. The van der Waals surface area contributed by atoms with E-state index in [1.165, 1.54) is 5.56 Å². The Balaban J connectivity index is 2.64. The minimum absolute atomic E-state index is 0.263. The van der Waals surface area contributed by atoms with Gasteiger partial charge in [-0.3, -0.25) is 0 Å². The van der Waals surface area contributed by atoms with Crippen LogP contribution in [0.3, 0.4) is 0 Å². The molecule has 1 nitrogen and oxygen atoms in total. The Kier molecular flexibility index (Phi) is 3.94. The highest BCUT2D eigenvalue weighted by Crippen LogP contribution is 2.15. The van der Waals surface area contributed by atoms with E-state index < -0.39 is 0 Å². The van der Waals surface area contributed by atoms with E-state index in [4.69, 9.17) is 5.73 Å². The van der Waals surface area contributed by atoms with Gasteiger partial charge in [0.05, 0.1) is 0 Å². The maximum atomic E-state index is 5.81. The molecule has 2 heteroatoms. The molecule has 0 aliphatic rings. The maximum absolute atomic E-state index is 5.81. The summed E-state index contributed by atoms with van der Waals surface area (Å²) >= 11 is 3.46. The summed E-state index contributed by atoms with van der Waals surface area (Å²) in [6.07, 6.45) is 1.05. The first-order chi connectivity index (χ1) is 6.09. The summed E-state index contributed by atoms with van der Waals surface area (Å²) in [6.45, 7) is 4.24. The van der Waals surface area contributed by atoms with Crippen LogP contribution >= 0.6 is 15.9 Å². The van der Waals surface area contributed by atoms with E-state index in [-0.39, 0.29) is 6.04 Å². The average Bonchev–Trinajstić information content (AvgIpc) is 2.04. The van der Waals surface area contributed by atoms with Gasteiger partial charge in [-0.1, -0.05) is 35.0 Å². The Morgan fingerprint density at radius 1 is 1.38 bits per heavy atom. The molecule has 0 aromatic heterocycles. The number of hydrogen-bond acceptors (Lipinski definition) is 1. The van der Waals surface area contributed by atoms with E-state index in [0.29, 0.717) is 5.92 Å². The number of rotatable bonds is 3. The number of nitrogens with two attached hydrogens (primary N) is 1. The third-order valence-corrected chi connectivity index (χ3v) is 2.84. The number of benzene rings is 1. The summed E-state index contributed by atoms with van der Waals surface area (Å²) in [5, 5.41) is 0. The lowest BCUT2D eigenvalue weighted by atomic mass is 9.96. The standard InChI is InChI=1S/C11H16BrN/c1-8(9(2)13)6-10-4-3-5-11(12)7-10/h3-5,7-9H,6,13H2,1-2H3. The summed E-state index contributed by atoms with van der Waals surface area (Å²) in [6, 6.07) is 8.66. The highest BCUT2D eigenvalue weighted by Gasteiger charge is 2.07. The van der Waals surface area contributed by atoms with Crippen LogP contribution in [0.5, 0.6) is 0 Å². The fourth-order valence-corrected chi connectivity index (χ4v) is 1.67. The molecule has 0 bridgehead atoms.